The molecule has 0 saturated carbocycles. The second-order valence-electron chi connectivity index (χ2n) is 2.84. The largest absolute Gasteiger partial charge is 0.356 e. The Morgan fingerprint density at radius 2 is 1.92 bits per heavy atom. The highest BCUT2D eigenvalue weighted by Crippen LogP contribution is 1.98. The van der Waals surface area contributed by atoms with Gasteiger partial charge in [-0.05, 0) is 13.8 Å². The van der Waals surface area contributed by atoms with E-state index >= 15 is 0 Å². The molecule has 1 aromatic heterocycles. The van der Waals surface area contributed by atoms with Crippen LogP contribution in [0.4, 0.5) is 0 Å². The summed E-state index contributed by atoms with van der Waals surface area (Å²) in [5.74, 6) is 0. The summed E-state index contributed by atoms with van der Waals surface area (Å²) in [4.78, 5) is 8.25. The fraction of sp³-hybridized carbons (Fsp3) is 0.571. The maximum atomic E-state index is 8.25. The summed E-state index contributed by atoms with van der Waals surface area (Å²) in [6, 6.07) is 0.575. The second kappa shape index (κ2) is 5.13. The van der Waals surface area contributed by atoms with Gasteiger partial charge in [-0.1, -0.05) is 0 Å². The molecule has 74 valence electrons. The molecule has 0 saturated heterocycles. The standard InChI is InChI=1S/C7H13N2.NO3/c1-7(2)9-5-4-8(3)6-9;2-1(3)4/h4-7H,1-3H3;/q+1;-1. The Balaban J connectivity index is 0.000000310. The first kappa shape index (κ1) is 11.4. The summed E-state index contributed by atoms with van der Waals surface area (Å²) < 4.78 is 4.21. The Morgan fingerprint density at radius 3 is 2.08 bits per heavy atom. The number of aryl methyl sites for hydroxylation is 1. The van der Waals surface area contributed by atoms with Crippen molar-refractivity contribution >= 4 is 0 Å². The highest BCUT2D eigenvalue weighted by Gasteiger charge is 2.01. The molecule has 0 aromatic carbocycles. The zero-order valence-corrected chi connectivity index (χ0v) is 7.88. The molecule has 0 spiro atoms. The van der Waals surface area contributed by atoms with Crippen molar-refractivity contribution in [3.05, 3.63) is 34.0 Å². The van der Waals surface area contributed by atoms with E-state index in [2.05, 4.69) is 30.9 Å². The Hall–Kier alpha value is -1.59. The minimum absolute atomic E-state index is 0.575. The fourth-order valence-corrected chi connectivity index (χ4v) is 0.775. The summed E-state index contributed by atoms with van der Waals surface area (Å²) in [5, 5.41) is 14.8. The van der Waals surface area contributed by atoms with Crippen molar-refractivity contribution in [3.63, 3.8) is 0 Å². The van der Waals surface area contributed by atoms with Crippen LogP contribution in [0.25, 0.3) is 0 Å². The van der Waals surface area contributed by atoms with Crippen molar-refractivity contribution < 1.29 is 9.65 Å². The Kier molecular flexibility index (Phi) is 4.50. The van der Waals surface area contributed by atoms with Gasteiger partial charge in [-0.3, -0.25) is 0 Å². The van der Waals surface area contributed by atoms with Crippen molar-refractivity contribution in [1.29, 1.82) is 0 Å². The van der Waals surface area contributed by atoms with Gasteiger partial charge in [-0.2, -0.15) is 0 Å². The molecule has 0 fully saturated rings. The van der Waals surface area contributed by atoms with Crippen LogP contribution in [0.15, 0.2) is 18.7 Å². The first-order valence-electron chi connectivity index (χ1n) is 3.77. The molecular weight excluding hydrogens is 174 g/mol. The van der Waals surface area contributed by atoms with Crippen molar-refractivity contribution in [1.82, 2.24) is 4.57 Å². The summed E-state index contributed by atoms with van der Waals surface area (Å²) in [7, 11) is 2.03. The molecule has 0 amide bonds. The number of hydrogen-bond donors (Lipinski definition) is 0. The first-order chi connectivity index (χ1) is 5.93. The van der Waals surface area contributed by atoms with Gasteiger partial charge in [0.25, 0.3) is 0 Å². The van der Waals surface area contributed by atoms with Gasteiger partial charge < -0.3 is 15.3 Å². The Bertz CT molecular complexity index is 266. The van der Waals surface area contributed by atoms with Crippen molar-refractivity contribution in [2.75, 3.05) is 0 Å². The highest BCUT2D eigenvalue weighted by atomic mass is 16.9. The zero-order valence-electron chi connectivity index (χ0n) is 7.88. The van der Waals surface area contributed by atoms with E-state index < -0.39 is 5.09 Å². The monoisotopic (exact) mass is 187 g/mol. The number of nitrogens with zero attached hydrogens (tertiary/aromatic N) is 3. The molecule has 1 aromatic rings. The van der Waals surface area contributed by atoms with Crippen LogP contribution in [0, 0.1) is 15.3 Å². The minimum Gasteiger partial charge on any atom is -0.356 e. The SMILES string of the molecule is CC(C)n1cc[n+](C)c1.O=[N+]([O-])[O-]. The van der Waals surface area contributed by atoms with E-state index in [9.17, 15) is 0 Å². The molecule has 0 aliphatic heterocycles. The summed E-state index contributed by atoms with van der Waals surface area (Å²) >= 11 is 0. The molecule has 0 radical (unpaired) electrons. The predicted molar refractivity (Wildman–Crippen MR) is 46.4 cm³/mol. The first-order valence-corrected chi connectivity index (χ1v) is 3.77. The molecule has 1 heterocycles. The molecule has 0 N–H and O–H groups in total. The van der Waals surface area contributed by atoms with Gasteiger partial charge in [0.2, 0.25) is 6.33 Å². The van der Waals surface area contributed by atoms with Gasteiger partial charge in [0.15, 0.2) is 0 Å². The molecule has 0 bridgehead atoms. The van der Waals surface area contributed by atoms with Crippen LogP contribution in [0.2, 0.25) is 0 Å². The third kappa shape index (κ3) is 5.66. The maximum absolute atomic E-state index is 8.25. The lowest BCUT2D eigenvalue weighted by Crippen LogP contribution is -2.23. The number of imidazole rings is 1. The highest BCUT2D eigenvalue weighted by molar-refractivity contribution is 4.69. The van der Waals surface area contributed by atoms with E-state index in [1.807, 2.05) is 17.8 Å². The quantitative estimate of drug-likeness (QED) is 0.368. The molecule has 13 heavy (non-hydrogen) atoms. The van der Waals surface area contributed by atoms with Gasteiger partial charge in [0, 0.05) is 0 Å². The van der Waals surface area contributed by atoms with E-state index in [1.54, 1.807) is 0 Å². The molecule has 0 aliphatic rings. The zero-order chi connectivity index (χ0) is 10.4. The van der Waals surface area contributed by atoms with Gasteiger partial charge in [0.05, 0.1) is 18.2 Å². The molecule has 0 unspecified atom stereocenters. The summed E-state index contributed by atoms with van der Waals surface area (Å²) in [6.07, 6.45) is 6.19. The average Bonchev–Trinajstić information content (AvgIpc) is 2.34. The summed E-state index contributed by atoms with van der Waals surface area (Å²) in [5.41, 5.74) is 0. The molecule has 6 heteroatoms. The lowest BCUT2D eigenvalue weighted by Gasteiger charge is -1.95. The van der Waals surface area contributed by atoms with Crippen LogP contribution in [0.1, 0.15) is 19.9 Å². The fourth-order valence-electron chi connectivity index (χ4n) is 0.775. The van der Waals surface area contributed by atoms with Crippen LogP contribution in [0.5, 0.6) is 0 Å². The van der Waals surface area contributed by atoms with Crippen molar-refractivity contribution in [2.45, 2.75) is 19.9 Å². The molecule has 6 nitrogen and oxygen atoms in total. The number of hydrogen-bond acceptors (Lipinski definition) is 3. The normalized spacial score (nSPS) is 9.23. The molecule has 0 aliphatic carbocycles. The second-order valence-corrected chi connectivity index (χ2v) is 2.84. The van der Waals surface area contributed by atoms with Crippen LogP contribution in [-0.2, 0) is 7.05 Å². The van der Waals surface area contributed by atoms with E-state index in [4.69, 9.17) is 15.3 Å². The topological polar surface area (TPSA) is 75.0 Å². The lowest BCUT2D eigenvalue weighted by molar-refractivity contribution is -0.671. The smallest absolute Gasteiger partial charge is 0.243 e. The Labute approximate surface area is 76.1 Å². The molecular formula is C7H13N3O3. The number of aromatic nitrogens is 2. The van der Waals surface area contributed by atoms with E-state index in [0.717, 1.165) is 0 Å². The van der Waals surface area contributed by atoms with Crippen LogP contribution in [0.3, 0.4) is 0 Å². The van der Waals surface area contributed by atoms with Crippen LogP contribution >= 0.6 is 0 Å². The lowest BCUT2D eigenvalue weighted by atomic mass is 10.4. The van der Waals surface area contributed by atoms with Crippen molar-refractivity contribution in [3.8, 4) is 0 Å². The van der Waals surface area contributed by atoms with E-state index in [0.29, 0.717) is 6.04 Å². The third-order valence-electron chi connectivity index (χ3n) is 1.39. The van der Waals surface area contributed by atoms with Crippen LogP contribution < -0.4 is 4.57 Å². The van der Waals surface area contributed by atoms with Gasteiger partial charge in [-0.25, -0.2) is 9.13 Å². The average molecular weight is 187 g/mol. The van der Waals surface area contributed by atoms with Gasteiger partial charge in [-0.15, -0.1) is 0 Å². The molecule has 0 atom stereocenters. The van der Waals surface area contributed by atoms with Gasteiger partial charge in [0.1, 0.15) is 12.4 Å². The van der Waals surface area contributed by atoms with Crippen LogP contribution in [-0.4, -0.2) is 9.65 Å². The summed E-state index contributed by atoms with van der Waals surface area (Å²) in [6.45, 7) is 4.33. The van der Waals surface area contributed by atoms with E-state index in [1.165, 1.54) is 0 Å². The van der Waals surface area contributed by atoms with Gasteiger partial charge >= 0.3 is 0 Å². The van der Waals surface area contributed by atoms with Crippen molar-refractivity contribution in [2.24, 2.45) is 7.05 Å². The number of rotatable bonds is 1. The van der Waals surface area contributed by atoms with E-state index in [-0.39, 0.29) is 0 Å². The maximum Gasteiger partial charge on any atom is 0.243 e. The third-order valence-corrected chi connectivity index (χ3v) is 1.39. The molecule has 1 rings (SSSR count). The predicted octanol–water partition coefficient (Wildman–Crippen LogP) is 0.654. The minimum atomic E-state index is -1.75. The Morgan fingerprint density at radius 1 is 1.46 bits per heavy atom.